The highest BCUT2D eigenvalue weighted by Crippen LogP contribution is 2.26. The maximum atomic E-state index is 12.1. The minimum atomic E-state index is -0.0700. The third kappa shape index (κ3) is 4.74. The lowest BCUT2D eigenvalue weighted by Crippen LogP contribution is -2.36. The van der Waals surface area contributed by atoms with Crippen molar-refractivity contribution in [2.45, 2.75) is 32.7 Å². The van der Waals surface area contributed by atoms with E-state index < -0.39 is 0 Å². The molecule has 0 aromatic heterocycles. The molecule has 1 unspecified atom stereocenters. The van der Waals surface area contributed by atoms with E-state index in [4.69, 9.17) is 10.5 Å². The van der Waals surface area contributed by atoms with Gasteiger partial charge in [0.1, 0.15) is 5.75 Å². The summed E-state index contributed by atoms with van der Waals surface area (Å²) in [7, 11) is 3.52. The topological polar surface area (TPSA) is 67.6 Å². The van der Waals surface area contributed by atoms with Crippen LogP contribution in [0.1, 0.15) is 26.7 Å². The van der Waals surface area contributed by atoms with Crippen LogP contribution in [0.4, 0.5) is 11.4 Å². The van der Waals surface area contributed by atoms with Gasteiger partial charge in [-0.25, -0.2) is 0 Å². The Labute approximate surface area is 121 Å². The van der Waals surface area contributed by atoms with Gasteiger partial charge in [-0.2, -0.15) is 0 Å². The van der Waals surface area contributed by atoms with Gasteiger partial charge in [-0.3, -0.25) is 9.69 Å². The highest BCUT2D eigenvalue weighted by atomic mass is 16.5. The number of rotatable bonds is 7. The van der Waals surface area contributed by atoms with Gasteiger partial charge in [-0.15, -0.1) is 0 Å². The van der Waals surface area contributed by atoms with Crippen molar-refractivity contribution in [3.05, 3.63) is 18.2 Å². The van der Waals surface area contributed by atoms with Crippen molar-refractivity contribution in [1.82, 2.24) is 4.90 Å². The molecule has 20 heavy (non-hydrogen) atoms. The first-order valence-electron chi connectivity index (χ1n) is 6.91. The Morgan fingerprint density at radius 2 is 2.20 bits per heavy atom. The van der Waals surface area contributed by atoms with Crippen LogP contribution in [0.25, 0.3) is 0 Å². The highest BCUT2D eigenvalue weighted by molar-refractivity contribution is 5.94. The van der Waals surface area contributed by atoms with Crippen molar-refractivity contribution >= 4 is 17.3 Å². The fourth-order valence-electron chi connectivity index (χ4n) is 2.03. The Morgan fingerprint density at radius 3 is 2.80 bits per heavy atom. The number of nitrogens with zero attached hydrogens (tertiary/aromatic N) is 1. The number of amides is 1. The second kappa shape index (κ2) is 7.75. The van der Waals surface area contributed by atoms with E-state index in [1.807, 2.05) is 11.9 Å². The number of benzene rings is 1. The summed E-state index contributed by atoms with van der Waals surface area (Å²) in [6, 6.07) is 5.57. The van der Waals surface area contributed by atoms with Crippen LogP contribution in [-0.2, 0) is 4.79 Å². The quantitative estimate of drug-likeness (QED) is 0.752. The van der Waals surface area contributed by atoms with Crippen LogP contribution in [-0.4, -0.2) is 37.6 Å². The number of nitrogens with one attached hydrogen (secondary N) is 1. The van der Waals surface area contributed by atoms with Crippen molar-refractivity contribution in [2.75, 3.05) is 31.8 Å². The molecule has 0 fully saturated rings. The SMILES string of the molecule is CCCC(C)N(C)CC(=O)Nc1cc(N)ccc1OC. The van der Waals surface area contributed by atoms with Gasteiger partial charge in [0.25, 0.3) is 0 Å². The summed E-state index contributed by atoms with van der Waals surface area (Å²) in [5.41, 5.74) is 6.93. The number of hydrogen-bond donors (Lipinski definition) is 2. The minimum absolute atomic E-state index is 0.0700. The summed E-state index contributed by atoms with van der Waals surface area (Å²) in [6.07, 6.45) is 2.18. The smallest absolute Gasteiger partial charge is 0.238 e. The largest absolute Gasteiger partial charge is 0.495 e. The number of anilines is 2. The van der Waals surface area contributed by atoms with Gasteiger partial charge in [-0.05, 0) is 38.6 Å². The second-order valence-corrected chi connectivity index (χ2v) is 5.06. The van der Waals surface area contributed by atoms with E-state index in [1.54, 1.807) is 25.3 Å². The zero-order valence-electron chi connectivity index (χ0n) is 12.8. The molecule has 0 saturated carbocycles. The molecule has 0 radical (unpaired) electrons. The zero-order valence-corrected chi connectivity index (χ0v) is 12.8. The lowest BCUT2D eigenvalue weighted by atomic mass is 10.2. The van der Waals surface area contributed by atoms with E-state index in [0.29, 0.717) is 29.7 Å². The first-order chi connectivity index (χ1) is 9.47. The van der Waals surface area contributed by atoms with Gasteiger partial charge in [0.05, 0.1) is 19.3 Å². The molecule has 0 bridgehead atoms. The minimum Gasteiger partial charge on any atom is -0.495 e. The van der Waals surface area contributed by atoms with Crippen LogP contribution < -0.4 is 15.8 Å². The summed E-state index contributed by atoms with van der Waals surface area (Å²) in [4.78, 5) is 14.1. The molecule has 1 aromatic rings. The molecule has 0 aliphatic carbocycles. The molecule has 1 amide bonds. The van der Waals surface area contributed by atoms with Crippen molar-refractivity contribution in [3.63, 3.8) is 0 Å². The molecule has 1 aromatic carbocycles. The van der Waals surface area contributed by atoms with Crippen molar-refractivity contribution < 1.29 is 9.53 Å². The van der Waals surface area contributed by atoms with E-state index >= 15 is 0 Å². The average molecular weight is 279 g/mol. The molecular weight excluding hydrogens is 254 g/mol. The molecule has 0 aliphatic rings. The Kier molecular flexibility index (Phi) is 6.31. The highest BCUT2D eigenvalue weighted by Gasteiger charge is 2.14. The van der Waals surface area contributed by atoms with Gasteiger partial charge in [0, 0.05) is 11.7 Å². The van der Waals surface area contributed by atoms with Crippen molar-refractivity contribution in [1.29, 1.82) is 0 Å². The number of likely N-dealkylation sites (N-methyl/N-ethyl adjacent to an activating group) is 1. The summed E-state index contributed by atoms with van der Waals surface area (Å²) in [6.45, 7) is 4.61. The molecule has 5 nitrogen and oxygen atoms in total. The Balaban J connectivity index is 2.64. The maximum Gasteiger partial charge on any atom is 0.238 e. The van der Waals surface area contributed by atoms with E-state index in [0.717, 1.165) is 12.8 Å². The number of carbonyl (C=O) groups excluding carboxylic acids is 1. The monoisotopic (exact) mass is 279 g/mol. The molecule has 3 N–H and O–H groups in total. The fourth-order valence-corrected chi connectivity index (χ4v) is 2.03. The summed E-state index contributed by atoms with van der Waals surface area (Å²) in [5, 5.41) is 2.84. The van der Waals surface area contributed by atoms with Crippen LogP contribution in [0.3, 0.4) is 0 Å². The van der Waals surface area contributed by atoms with Crippen LogP contribution in [0.2, 0.25) is 0 Å². The molecule has 112 valence electrons. The number of ether oxygens (including phenoxy) is 1. The van der Waals surface area contributed by atoms with E-state index in [9.17, 15) is 4.79 Å². The Hall–Kier alpha value is -1.75. The van der Waals surface area contributed by atoms with Crippen molar-refractivity contribution in [2.24, 2.45) is 0 Å². The maximum absolute atomic E-state index is 12.1. The first-order valence-corrected chi connectivity index (χ1v) is 6.91. The van der Waals surface area contributed by atoms with Crippen LogP contribution in [0.5, 0.6) is 5.75 Å². The normalized spacial score (nSPS) is 12.2. The second-order valence-electron chi connectivity index (χ2n) is 5.06. The fraction of sp³-hybridized carbons (Fsp3) is 0.533. The number of carbonyl (C=O) groups is 1. The third-order valence-electron chi connectivity index (χ3n) is 3.35. The number of methoxy groups -OCH3 is 1. The standard InChI is InChI=1S/C15H25N3O2/c1-5-6-11(2)18(3)10-15(19)17-13-9-12(16)7-8-14(13)20-4/h7-9,11H,5-6,10,16H2,1-4H3,(H,17,19). The summed E-state index contributed by atoms with van der Waals surface area (Å²) < 4.78 is 5.21. The Bertz CT molecular complexity index is 449. The molecule has 0 spiro atoms. The molecule has 0 saturated heterocycles. The molecular formula is C15H25N3O2. The van der Waals surface area contributed by atoms with Gasteiger partial charge < -0.3 is 15.8 Å². The van der Waals surface area contributed by atoms with Gasteiger partial charge in [0.15, 0.2) is 0 Å². The number of nitrogen functional groups attached to an aromatic ring is 1. The van der Waals surface area contributed by atoms with E-state index in [1.165, 1.54) is 0 Å². The van der Waals surface area contributed by atoms with Gasteiger partial charge >= 0.3 is 0 Å². The summed E-state index contributed by atoms with van der Waals surface area (Å²) >= 11 is 0. The molecule has 0 heterocycles. The third-order valence-corrected chi connectivity index (χ3v) is 3.35. The average Bonchev–Trinajstić information content (AvgIpc) is 2.39. The predicted octanol–water partition coefficient (Wildman–Crippen LogP) is 2.34. The zero-order chi connectivity index (χ0) is 15.1. The lowest BCUT2D eigenvalue weighted by Gasteiger charge is -2.23. The van der Waals surface area contributed by atoms with E-state index in [-0.39, 0.29) is 5.91 Å². The van der Waals surface area contributed by atoms with Gasteiger partial charge in [0.2, 0.25) is 5.91 Å². The van der Waals surface area contributed by atoms with Crippen LogP contribution >= 0.6 is 0 Å². The predicted molar refractivity (Wildman–Crippen MR) is 83.0 cm³/mol. The molecule has 1 atom stereocenters. The van der Waals surface area contributed by atoms with Gasteiger partial charge in [-0.1, -0.05) is 13.3 Å². The molecule has 5 heteroatoms. The first kappa shape index (κ1) is 16.3. The van der Waals surface area contributed by atoms with E-state index in [2.05, 4.69) is 19.2 Å². The summed E-state index contributed by atoms with van der Waals surface area (Å²) in [5.74, 6) is 0.538. The lowest BCUT2D eigenvalue weighted by molar-refractivity contribution is -0.117. The molecule has 1 rings (SSSR count). The van der Waals surface area contributed by atoms with Crippen LogP contribution in [0, 0.1) is 0 Å². The van der Waals surface area contributed by atoms with Crippen LogP contribution in [0.15, 0.2) is 18.2 Å². The molecule has 0 aliphatic heterocycles. The van der Waals surface area contributed by atoms with Crippen molar-refractivity contribution in [3.8, 4) is 5.75 Å². The Morgan fingerprint density at radius 1 is 1.50 bits per heavy atom. The number of hydrogen-bond acceptors (Lipinski definition) is 4. The number of nitrogens with two attached hydrogens (primary N) is 1.